The van der Waals surface area contributed by atoms with Gasteiger partial charge in [0.15, 0.2) is 0 Å². The minimum Gasteiger partial charge on any atom is -0.330 e. The molecule has 0 radical (unpaired) electrons. The van der Waals surface area contributed by atoms with Crippen molar-refractivity contribution in [1.29, 1.82) is 0 Å². The van der Waals surface area contributed by atoms with Crippen LogP contribution >= 0.6 is 47.4 Å². The quantitative estimate of drug-likeness (QED) is 0.332. The first-order valence-corrected chi connectivity index (χ1v) is 15.4. The predicted octanol–water partition coefficient (Wildman–Crippen LogP) is 8.73. The van der Waals surface area contributed by atoms with Gasteiger partial charge < -0.3 is 15.5 Å². The highest BCUT2D eigenvalue weighted by Gasteiger charge is 2.25. The van der Waals surface area contributed by atoms with Gasteiger partial charge in [-0.05, 0) is 120 Å². The van der Waals surface area contributed by atoms with E-state index < -0.39 is 0 Å². The average molecular weight is 587 g/mol. The summed E-state index contributed by atoms with van der Waals surface area (Å²) in [5.41, 5.74) is 8.33. The Kier molecular flexibility index (Phi) is 15.9. The normalized spacial score (nSPS) is 17.8. The van der Waals surface area contributed by atoms with Gasteiger partial charge in [0, 0.05) is 16.0 Å². The van der Waals surface area contributed by atoms with Gasteiger partial charge in [0.25, 0.3) is 0 Å². The fraction of sp³-hybridized carbons (Fsp3) is 0.600. The lowest BCUT2D eigenvalue weighted by Gasteiger charge is -2.40. The predicted molar refractivity (Wildman–Crippen MR) is 167 cm³/mol. The molecule has 208 valence electrons. The lowest BCUT2D eigenvalue weighted by atomic mass is 9.94. The van der Waals surface area contributed by atoms with Crippen LogP contribution in [0.4, 0.5) is 0 Å². The second-order valence-corrected chi connectivity index (χ2v) is 11.9. The molecule has 37 heavy (non-hydrogen) atoms. The number of rotatable bonds is 6. The smallest absolute Gasteiger partial charge is 0.0595 e. The first-order valence-electron chi connectivity index (χ1n) is 13.9. The molecule has 2 aliphatic rings. The van der Waals surface area contributed by atoms with Crippen molar-refractivity contribution in [2.75, 3.05) is 39.3 Å². The molecule has 0 saturated carbocycles. The summed E-state index contributed by atoms with van der Waals surface area (Å²) < 4.78 is 0. The van der Waals surface area contributed by atoms with Crippen LogP contribution in [0.3, 0.4) is 0 Å². The van der Waals surface area contributed by atoms with E-state index in [1.54, 1.807) is 0 Å². The molecule has 2 aromatic carbocycles. The number of nitrogens with zero attached hydrogens (tertiary/aromatic N) is 2. The molecular weight excluding hydrogens is 541 g/mol. The Morgan fingerprint density at radius 2 is 1.54 bits per heavy atom. The van der Waals surface area contributed by atoms with Gasteiger partial charge in [-0.3, -0.25) is 0 Å². The number of halogens is 3. The van der Waals surface area contributed by atoms with Crippen LogP contribution in [-0.2, 0) is 0 Å². The zero-order valence-corrected chi connectivity index (χ0v) is 26.0. The fourth-order valence-corrected chi connectivity index (χ4v) is 5.67. The molecular formula is C30H46Cl3N3S. The summed E-state index contributed by atoms with van der Waals surface area (Å²) in [7, 11) is 0. The van der Waals surface area contributed by atoms with Crippen molar-refractivity contribution < 1.29 is 0 Å². The van der Waals surface area contributed by atoms with Gasteiger partial charge in [0.1, 0.15) is 0 Å². The Labute approximate surface area is 246 Å². The molecule has 2 fully saturated rings. The Hall–Kier alpha value is -0.460. The third kappa shape index (κ3) is 11.7. The summed E-state index contributed by atoms with van der Waals surface area (Å²) in [6, 6.07) is 12.4. The highest BCUT2D eigenvalue weighted by atomic mass is 35.5. The molecule has 0 amide bonds. The van der Waals surface area contributed by atoms with Gasteiger partial charge >= 0.3 is 0 Å². The molecule has 7 heteroatoms. The monoisotopic (exact) mass is 585 g/mol. The number of piperidine rings is 2. The van der Waals surface area contributed by atoms with Crippen molar-refractivity contribution in [3.05, 3.63) is 62.6 Å². The van der Waals surface area contributed by atoms with Gasteiger partial charge in [-0.1, -0.05) is 73.6 Å². The summed E-state index contributed by atoms with van der Waals surface area (Å²) in [6.45, 7) is 13.1. The third-order valence-corrected chi connectivity index (χ3v) is 8.54. The number of thiol groups is 1. The van der Waals surface area contributed by atoms with Crippen molar-refractivity contribution in [3.63, 3.8) is 0 Å². The van der Waals surface area contributed by atoms with E-state index in [1.807, 2.05) is 37.3 Å². The van der Waals surface area contributed by atoms with Gasteiger partial charge in [0.05, 0.1) is 10.0 Å². The molecule has 3 nitrogen and oxygen atoms in total. The number of benzene rings is 2. The number of likely N-dealkylation sites (tertiary alicyclic amines) is 2. The molecule has 2 heterocycles. The maximum absolute atomic E-state index is 6.17. The summed E-state index contributed by atoms with van der Waals surface area (Å²) in [6.07, 6.45) is 9.18. The van der Waals surface area contributed by atoms with E-state index in [0.29, 0.717) is 22.5 Å². The standard InChI is InChI=1S/C20H31Cl2N3.C7H7ClS.C3H8/c21-19-5-4-16(14-20(19)22)17(15-23)6-11-24-12-7-18(8-13-24)25-9-2-1-3-10-25;1-5-2-3-6(9)4-7(5)8;1-3-2/h4-5,14,17-18H,1-3,6-13,15,23H2;2-4,9H,1H3;3H2,1-2H3. The fourth-order valence-electron chi connectivity index (χ4n) is 4.90. The molecule has 0 aliphatic carbocycles. The Morgan fingerprint density at radius 1 is 0.892 bits per heavy atom. The molecule has 0 spiro atoms. The molecule has 2 aromatic rings. The lowest BCUT2D eigenvalue weighted by molar-refractivity contribution is 0.0913. The van der Waals surface area contributed by atoms with Gasteiger partial charge in [0.2, 0.25) is 0 Å². The average Bonchev–Trinajstić information content (AvgIpc) is 2.90. The number of aryl methyl sites for hydroxylation is 1. The van der Waals surface area contributed by atoms with Crippen LogP contribution in [-0.4, -0.2) is 55.1 Å². The Morgan fingerprint density at radius 3 is 2.08 bits per heavy atom. The molecule has 1 unspecified atom stereocenters. The molecule has 2 N–H and O–H groups in total. The van der Waals surface area contributed by atoms with Gasteiger partial charge in [-0.25, -0.2) is 0 Å². The van der Waals surface area contributed by atoms with Crippen molar-refractivity contribution in [2.45, 2.75) is 82.6 Å². The van der Waals surface area contributed by atoms with E-state index in [9.17, 15) is 0 Å². The lowest BCUT2D eigenvalue weighted by Crippen LogP contribution is -2.47. The second-order valence-electron chi connectivity index (χ2n) is 10.2. The summed E-state index contributed by atoms with van der Waals surface area (Å²) >= 11 is 22.1. The first kappa shape index (κ1) is 32.8. The van der Waals surface area contributed by atoms with E-state index in [2.05, 4.69) is 42.3 Å². The van der Waals surface area contributed by atoms with E-state index in [1.165, 1.54) is 70.3 Å². The van der Waals surface area contributed by atoms with Crippen molar-refractivity contribution in [2.24, 2.45) is 5.73 Å². The van der Waals surface area contributed by atoms with Crippen molar-refractivity contribution in [3.8, 4) is 0 Å². The molecule has 2 aliphatic heterocycles. The van der Waals surface area contributed by atoms with E-state index in [4.69, 9.17) is 40.5 Å². The highest BCUT2D eigenvalue weighted by molar-refractivity contribution is 7.80. The van der Waals surface area contributed by atoms with Crippen LogP contribution < -0.4 is 5.73 Å². The summed E-state index contributed by atoms with van der Waals surface area (Å²) in [5.74, 6) is 0.356. The minimum atomic E-state index is 0.356. The highest BCUT2D eigenvalue weighted by Crippen LogP contribution is 2.28. The van der Waals surface area contributed by atoms with Gasteiger partial charge in [-0.2, -0.15) is 0 Å². The maximum Gasteiger partial charge on any atom is 0.0595 e. The molecule has 1 atom stereocenters. The second kappa shape index (κ2) is 18.0. The molecule has 0 bridgehead atoms. The van der Waals surface area contributed by atoms with Crippen LogP contribution in [0.1, 0.15) is 75.8 Å². The van der Waals surface area contributed by atoms with E-state index >= 15 is 0 Å². The van der Waals surface area contributed by atoms with Crippen LogP contribution in [0.5, 0.6) is 0 Å². The third-order valence-electron chi connectivity index (χ3n) is 7.11. The maximum atomic E-state index is 6.17. The zero-order valence-electron chi connectivity index (χ0n) is 22.9. The summed E-state index contributed by atoms with van der Waals surface area (Å²) in [4.78, 5) is 6.26. The Balaban J connectivity index is 0.000000333. The van der Waals surface area contributed by atoms with E-state index in [0.717, 1.165) is 34.5 Å². The SMILES string of the molecule is CCC.Cc1ccc(S)cc1Cl.NCC(CCN1CCC(N2CCCCC2)CC1)c1ccc(Cl)c(Cl)c1. The van der Waals surface area contributed by atoms with Crippen LogP contribution in [0.15, 0.2) is 41.3 Å². The van der Waals surface area contributed by atoms with E-state index in [-0.39, 0.29) is 0 Å². The summed E-state index contributed by atoms with van der Waals surface area (Å²) in [5, 5.41) is 2.02. The van der Waals surface area contributed by atoms with Crippen LogP contribution in [0.25, 0.3) is 0 Å². The van der Waals surface area contributed by atoms with Gasteiger partial charge in [-0.15, -0.1) is 12.6 Å². The molecule has 2 saturated heterocycles. The number of hydrogen-bond acceptors (Lipinski definition) is 4. The van der Waals surface area contributed by atoms with Crippen LogP contribution in [0.2, 0.25) is 15.1 Å². The van der Waals surface area contributed by atoms with Crippen LogP contribution in [0, 0.1) is 6.92 Å². The topological polar surface area (TPSA) is 32.5 Å². The zero-order chi connectivity index (χ0) is 27.2. The minimum absolute atomic E-state index is 0.356. The first-order chi connectivity index (χ1) is 17.8. The number of nitrogens with two attached hydrogens (primary N) is 1. The largest absolute Gasteiger partial charge is 0.330 e. The Bertz CT molecular complexity index is 913. The van der Waals surface area contributed by atoms with Crippen molar-refractivity contribution in [1.82, 2.24) is 9.80 Å². The van der Waals surface area contributed by atoms with Crippen molar-refractivity contribution >= 4 is 47.4 Å². The molecule has 0 aromatic heterocycles. The number of hydrogen-bond donors (Lipinski definition) is 2. The molecule has 4 rings (SSSR count).